The third kappa shape index (κ3) is 4.61. The molecule has 3 aromatic rings. The number of carbonyl (C=O) groups excluding carboxylic acids is 1. The number of anilines is 1. The van der Waals surface area contributed by atoms with Gasteiger partial charge in [-0.3, -0.25) is 4.79 Å². The zero-order valence-electron chi connectivity index (χ0n) is 16.0. The van der Waals surface area contributed by atoms with Crippen LogP contribution in [0.3, 0.4) is 0 Å². The van der Waals surface area contributed by atoms with E-state index in [0.717, 1.165) is 15.7 Å². The molecule has 2 aromatic carbocycles. The molecule has 1 aliphatic rings. The van der Waals surface area contributed by atoms with Gasteiger partial charge in [0.1, 0.15) is 0 Å². The molecule has 31 heavy (non-hydrogen) atoms. The number of carbonyl (C=O) groups is 1. The first-order valence-electron chi connectivity index (χ1n) is 8.86. The molecule has 1 atom stereocenters. The number of hydrogen-bond acceptors (Lipinski definition) is 8. The Morgan fingerprint density at radius 1 is 1.13 bits per heavy atom. The van der Waals surface area contributed by atoms with E-state index in [1.807, 2.05) is 29.6 Å². The molecular formula is C19H15BrN6O3S2. The van der Waals surface area contributed by atoms with Crippen LogP contribution in [0.15, 0.2) is 78.6 Å². The third-order valence-corrected chi connectivity index (χ3v) is 6.64. The quantitative estimate of drug-likeness (QED) is 0.509. The normalized spacial score (nSPS) is 16.9. The van der Waals surface area contributed by atoms with Crippen molar-refractivity contribution in [1.29, 1.82) is 0 Å². The Morgan fingerprint density at radius 3 is 2.45 bits per heavy atom. The maximum absolute atomic E-state index is 12.8. The highest BCUT2D eigenvalue weighted by molar-refractivity contribution is 9.10. The van der Waals surface area contributed by atoms with E-state index in [4.69, 9.17) is 5.14 Å². The molecule has 1 amide bonds. The van der Waals surface area contributed by atoms with E-state index >= 15 is 0 Å². The van der Waals surface area contributed by atoms with E-state index in [1.165, 1.54) is 40.6 Å². The highest BCUT2D eigenvalue weighted by atomic mass is 79.9. The van der Waals surface area contributed by atoms with Crippen LogP contribution >= 0.6 is 27.3 Å². The van der Waals surface area contributed by atoms with Crippen molar-refractivity contribution in [2.24, 2.45) is 20.5 Å². The first-order chi connectivity index (χ1) is 14.7. The van der Waals surface area contributed by atoms with Crippen LogP contribution in [-0.2, 0) is 14.8 Å². The number of aromatic nitrogens is 1. The van der Waals surface area contributed by atoms with Gasteiger partial charge in [0.25, 0.3) is 5.91 Å². The standard InChI is InChI=1S/C19H15BrN6O3S2/c1-11-17(24-23-14-6-8-15(9-7-14)31(21,28)29)18(27)26(25-11)19-22-16(10-30-19)12-2-4-13(20)5-3-12/h2-10,17H,1H3,(H2,21,28,29). The molecule has 2 N–H and O–H groups in total. The molecule has 0 spiro atoms. The van der Waals surface area contributed by atoms with Gasteiger partial charge in [-0.15, -0.1) is 11.3 Å². The Hall–Kier alpha value is -2.80. The lowest BCUT2D eigenvalue weighted by molar-refractivity contribution is -0.117. The predicted octanol–water partition coefficient (Wildman–Crippen LogP) is 4.10. The number of azo groups is 1. The highest BCUT2D eigenvalue weighted by Gasteiger charge is 2.36. The smallest absolute Gasteiger partial charge is 0.269 e. The van der Waals surface area contributed by atoms with Gasteiger partial charge < -0.3 is 0 Å². The fourth-order valence-corrected chi connectivity index (χ4v) is 4.34. The van der Waals surface area contributed by atoms with Crippen molar-refractivity contribution in [3.05, 3.63) is 58.4 Å². The average Bonchev–Trinajstić information content (AvgIpc) is 3.32. The van der Waals surface area contributed by atoms with Crippen molar-refractivity contribution in [2.45, 2.75) is 17.9 Å². The summed E-state index contributed by atoms with van der Waals surface area (Å²) >= 11 is 4.71. The van der Waals surface area contributed by atoms with Gasteiger partial charge in [-0.1, -0.05) is 28.1 Å². The van der Waals surface area contributed by atoms with Crippen molar-refractivity contribution < 1.29 is 13.2 Å². The Labute approximate surface area is 190 Å². The molecule has 2 heterocycles. The number of benzene rings is 2. The Kier molecular flexibility index (Phi) is 5.79. The first-order valence-corrected chi connectivity index (χ1v) is 12.1. The molecule has 12 heteroatoms. The van der Waals surface area contributed by atoms with Crippen LogP contribution in [0, 0.1) is 0 Å². The molecule has 1 aliphatic heterocycles. The first kappa shape index (κ1) is 21.4. The number of primary sulfonamides is 1. The van der Waals surface area contributed by atoms with Gasteiger partial charge in [-0.2, -0.15) is 20.3 Å². The molecule has 158 valence electrons. The molecular weight excluding hydrogens is 504 g/mol. The Morgan fingerprint density at radius 2 is 1.81 bits per heavy atom. The second kappa shape index (κ2) is 8.38. The largest absolute Gasteiger partial charge is 0.282 e. The van der Waals surface area contributed by atoms with Gasteiger partial charge in [-0.05, 0) is 43.3 Å². The molecule has 0 bridgehead atoms. The number of sulfonamides is 1. The van der Waals surface area contributed by atoms with Gasteiger partial charge in [0.2, 0.25) is 15.2 Å². The number of nitrogens with two attached hydrogens (primary N) is 1. The molecule has 0 aliphatic carbocycles. The lowest BCUT2D eigenvalue weighted by Gasteiger charge is -2.08. The fourth-order valence-electron chi connectivity index (χ4n) is 2.77. The molecule has 1 unspecified atom stereocenters. The SMILES string of the molecule is CC1=NN(c2nc(-c3ccc(Br)cc3)cs2)C(=O)C1N=Nc1ccc(S(N)(=O)=O)cc1. The highest BCUT2D eigenvalue weighted by Crippen LogP contribution is 2.31. The number of thiazole rings is 1. The summed E-state index contributed by atoms with van der Waals surface area (Å²) in [6, 6.07) is 12.4. The van der Waals surface area contributed by atoms with Crippen molar-refractivity contribution >= 4 is 59.7 Å². The van der Waals surface area contributed by atoms with Crippen LogP contribution < -0.4 is 10.1 Å². The zero-order valence-corrected chi connectivity index (χ0v) is 19.2. The van der Waals surface area contributed by atoms with E-state index in [-0.39, 0.29) is 10.8 Å². The summed E-state index contributed by atoms with van der Waals surface area (Å²) in [6.45, 7) is 1.69. The van der Waals surface area contributed by atoms with E-state index in [1.54, 1.807) is 6.92 Å². The van der Waals surface area contributed by atoms with Gasteiger partial charge in [0, 0.05) is 15.4 Å². The zero-order chi connectivity index (χ0) is 22.2. The third-order valence-electron chi connectivity index (χ3n) is 4.36. The minimum absolute atomic E-state index is 0.0299. The number of amides is 1. The second-order valence-electron chi connectivity index (χ2n) is 6.57. The number of hydrazone groups is 1. The monoisotopic (exact) mass is 518 g/mol. The van der Waals surface area contributed by atoms with E-state index in [2.05, 4.69) is 36.2 Å². The Bertz CT molecular complexity index is 1300. The van der Waals surface area contributed by atoms with E-state index < -0.39 is 16.1 Å². The maximum Gasteiger partial charge on any atom is 0.282 e. The molecule has 0 saturated heterocycles. The van der Waals surface area contributed by atoms with Gasteiger partial charge in [-0.25, -0.2) is 18.5 Å². The van der Waals surface area contributed by atoms with Crippen LogP contribution in [0.1, 0.15) is 6.92 Å². The summed E-state index contributed by atoms with van der Waals surface area (Å²) in [5, 5.41) is 21.0. The summed E-state index contributed by atoms with van der Waals surface area (Å²) in [7, 11) is -3.79. The minimum Gasteiger partial charge on any atom is -0.269 e. The molecule has 1 aromatic heterocycles. The van der Waals surface area contributed by atoms with Crippen molar-refractivity contribution in [3.63, 3.8) is 0 Å². The topological polar surface area (TPSA) is 130 Å². The van der Waals surface area contributed by atoms with Crippen LogP contribution in [-0.4, -0.2) is 31.1 Å². The van der Waals surface area contributed by atoms with Crippen molar-refractivity contribution in [1.82, 2.24) is 4.98 Å². The van der Waals surface area contributed by atoms with Crippen molar-refractivity contribution in [2.75, 3.05) is 5.01 Å². The lowest BCUT2D eigenvalue weighted by atomic mass is 10.2. The van der Waals surface area contributed by atoms with Crippen LogP contribution in [0.2, 0.25) is 0 Å². The summed E-state index contributed by atoms with van der Waals surface area (Å²) < 4.78 is 23.6. The number of hydrogen-bond donors (Lipinski definition) is 1. The second-order valence-corrected chi connectivity index (χ2v) is 9.88. The molecule has 9 nitrogen and oxygen atoms in total. The van der Waals surface area contributed by atoms with Gasteiger partial charge in [0.15, 0.2) is 6.04 Å². The summed E-state index contributed by atoms with van der Waals surface area (Å²) in [6.07, 6.45) is 0. The molecule has 0 radical (unpaired) electrons. The van der Waals surface area contributed by atoms with Crippen LogP contribution in [0.4, 0.5) is 10.8 Å². The summed E-state index contributed by atoms with van der Waals surface area (Å²) in [4.78, 5) is 17.3. The minimum atomic E-state index is -3.79. The number of halogens is 1. The van der Waals surface area contributed by atoms with Gasteiger partial charge in [0.05, 0.1) is 22.0 Å². The fraction of sp³-hybridized carbons (Fsp3) is 0.105. The lowest BCUT2D eigenvalue weighted by Crippen LogP contribution is -2.29. The van der Waals surface area contributed by atoms with Crippen LogP contribution in [0.5, 0.6) is 0 Å². The van der Waals surface area contributed by atoms with Crippen LogP contribution in [0.25, 0.3) is 11.3 Å². The maximum atomic E-state index is 12.8. The van der Waals surface area contributed by atoms with Gasteiger partial charge >= 0.3 is 0 Å². The predicted molar refractivity (Wildman–Crippen MR) is 122 cm³/mol. The number of rotatable bonds is 5. The molecule has 0 saturated carbocycles. The average molecular weight is 519 g/mol. The van der Waals surface area contributed by atoms with Crippen molar-refractivity contribution in [3.8, 4) is 11.3 Å². The van der Waals surface area contributed by atoms with E-state index in [0.29, 0.717) is 16.5 Å². The Balaban J connectivity index is 1.51. The van der Waals surface area contributed by atoms with E-state index in [9.17, 15) is 13.2 Å². The summed E-state index contributed by atoms with van der Waals surface area (Å²) in [5.74, 6) is -0.362. The number of nitrogens with zero attached hydrogens (tertiary/aromatic N) is 5. The molecule has 0 fully saturated rings. The summed E-state index contributed by atoms with van der Waals surface area (Å²) in [5.41, 5.74) is 2.54. The molecule has 4 rings (SSSR count).